The van der Waals surface area contributed by atoms with Crippen molar-refractivity contribution in [3.63, 3.8) is 0 Å². The Morgan fingerprint density at radius 3 is 2.73 bits per heavy atom. The molecule has 5 rings (SSSR count). The van der Waals surface area contributed by atoms with E-state index in [1.54, 1.807) is 18.2 Å². The molecule has 0 radical (unpaired) electrons. The molecule has 41 heavy (non-hydrogen) atoms. The van der Waals surface area contributed by atoms with Crippen LogP contribution >= 0.6 is 23.5 Å². The summed E-state index contributed by atoms with van der Waals surface area (Å²) in [5.74, 6) is -3.11. The first-order valence-corrected chi connectivity index (χ1v) is 13.9. The summed E-state index contributed by atoms with van der Waals surface area (Å²) < 4.78 is 7.25. The molecule has 2 amide bonds. The van der Waals surface area contributed by atoms with Gasteiger partial charge in [-0.15, -0.1) is 28.6 Å². The topological polar surface area (TPSA) is 211 Å². The van der Waals surface area contributed by atoms with Crippen LogP contribution in [0.1, 0.15) is 12.2 Å². The van der Waals surface area contributed by atoms with Gasteiger partial charge in [0.2, 0.25) is 5.71 Å². The third-order valence-corrected chi connectivity index (χ3v) is 8.38. The van der Waals surface area contributed by atoms with Crippen LogP contribution in [0.2, 0.25) is 0 Å². The first-order chi connectivity index (χ1) is 19.7. The van der Waals surface area contributed by atoms with E-state index in [-0.39, 0.29) is 47.3 Å². The minimum Gasteiger partial charge on any atom is -0.481 e. The minimum absolute atomic E-state index is 0.109. The van der Waals surface area contributed by atoms with Crippen LogP contribution in [0.15, 0.2) is 61.2 Å². The first kappa shape index (κ1) is 28.0. The van der Waals surface area contributed by atoms with Crippen molar-refractivity contribution >= 4 is 58.6 Å². The summed E-state index contributed by atoms with van der Waals surface area (Å²) in [5, 5.41) is 33.1. The van der Waals surface area contributed by atoms with Crippen molar-refractivity contribution in [1.82, 2.24) is 29.6 Å². The fraction of sp³-hybridized carbons (Fsp3) is 0.304. The average Bonchev–Trinajstić information content (AvgIpc) is 3.59. The number of hydrogen-bond donors (Lipinski definition) is 3. The molecule has 0 saturated carbocycles. The number of β-lactam (4-membered cyclic amide) rings is 1. The summed E-state index contributed by atoms with van der Waals surface area (Å²) in [4.78, 5) is 67.3. The van der Waals surface area contributed by atoms with Crippen molar-refractivity contribution in [3.05, 3.63) is 58.0 Å². The van der Waals surface area contributed by atoms with Crippen LogP contribution in [0.3, 0.4) is 0 Å². The number of amides is 2. The highest BCUT2D eigenvalue weighted by atomic mass is 32.2. The standard InChI is InChI=1S/C23H21N7O9S2/c1-38-27-16(12-3-2-8-39-12)19(33)24-17-20(34)29-18(22(35)36)11(10-41-21(17)29)9-40-14-5-4-13-25-28(7-6-15(31)32)23(37)30(13)26-14/h2-5,8,17,21H,6-7,9-10H2,1H3,(H,24,33)(H,31,32)(H,35,36)/b27-16-/t17?,21-/m0/s1. The van der Waals surface area contributed by atoms with Gasteiger partial charge in [-0.05, 0) is 29.8 Å². The van der Waals surface area contributed by atoms with E-state index < -0.39 is 40.9 Å². The van der Waals surface area contributed by atoms with Crippen molar-refractivity contribution in [3.8, 4) is 0 Å². The summed E-state index contributed by atoms with van der Waals surface area (Å²) in [7, 11) is 1.26. The minimum atomic E-state index is -1.29. The van der Waals surface area contributed by atoms with Crippen molar-refractivity contribution < 1.29 is 38.6 Å². The molecule has 0 aliphatic carbocycles. The molecule has 5 heterocycles. The van der Waals surface area contributed by atoms with E-state index in [1.165, 1.54) is 31.2 Å². The zero-order chi connectivity index (χ0) is 29.3. The average molecular weight is 604 g/mol. The second kappa shape index (κ2) is 11.5. The highest BCUT2D eigenvalue weighted by molar-refractivity contribution is 8.01. The molecule has 1 unspecified atom stereocenters. The van der Waals surface area contributed by atoms with Crippen molar-refractivity contribution in [2.75, 3.05) is 18.6 Å². The maximum atomic E-state index is 13.0. The fourth-order valence-corrected chi connectivity index (χ4v) is 6.52. The van der Waals surface area contributed by atoms with Crippen LogP contribution in [0.25, 0.3) is 5.65 Å². The van der Waals surface area contributed by atoms with Crippen molar-refractivity contribution in [1.29, 1.82) is 0 Å². The molecule has 214 valence electrons. The third kappa shape index (κ3) is 5.42. The maximum absolute atomic E-state index is 13.0. The molecule has 1 saturated heterocycles. The summed E-state index contributed by atoms with van der Waals surface area (Å²) in [5.41, 5.74) is -0.253. The van der Waals surface area contributed by atoms with E-state index in [1.807, 2.05) is 0 Å². The second-order valence-electron chi connectivity index (χ2n) is 8.60. The number of nitrogens with zero attached hydrogens (tertiary/aromatic N) is 6. The highest BCUT2D eigenvalue weighted by Gasteiger charge is 2.54. The van der Waals surface area contributed by atoms with Gasteiger partial charge in [0, 0.05) is 11.5 Å². The van der Waals surface area contributed by atoms with Crippen LogP contribution in [0.5, 0.6) is 0 Å². The Labute approximate surface area is 238 Å². The van der Waals surface area contributed by atoms with Crippen LogP contribution in [-0.4, -0.2) is 94.0 Å². The number of aromatic nitrogens is 4. The SMILES string of the molecule is CO/N=C(\C(=O)NC1C(=O)N2C(C(=O)O)=C(CSc3ccc4nn(CCC(=O)O)c(=O)n4n3)CS[C@@H]12)c1ccco1. The number of oxime groups is 1. The van der Waals surface area contributed by atoms with E-state index in [9.17, 15) is 29.1 Å². The Kier molecular flexibility index (Phi) is 7.84. The molecule has 3 N–H and O–H groups in total. The molecule has 16 nitrogen and oxygen atoms in total. The third-order valence-electron chi connectivity index (χ3n) is 6.04. The fourth-order valence-electron chi connectivity index (χ4n) is 4.18. The number of carbonyl (C=O) groups excluding carboxylic acids is 2. The van der Waals surface area contributed by atoms with Crippen molar-refractivity contribution in [2.45, 2.75) is 29.4 Å². The molecule has 2 aliphatic heterocycles. The predicted octanol–water partition coefficient (Wildman–Crippen LogP) is -0.160. The lowest BCUT2D eigenvalue weighted by atomic mass is 10.0. The summed E-state index contributed by atoms with van der Waals surface area (Å²) >= 11 is 2.46. The molecule has 0 spiro atoms. The maximum Gasteiger partial charge on any atom is 0.367 e. The number of aryl methyl sites for hydroxylation is 1. The first-order valence-electron chi connectivity index (χ1n) is 11.9. The Balaban J connectivity index is 1.29. The van der Waals surface area contributed by atoms with Crippen molar-refractivity contribution in [2.24, 2.45) is 5.16 Å². The Morgan fingerprint density at radius 2 is 2.05 bits per heavy atom. The summed E-state index contributed by atoms with van der Waals surface area (Å²) in [6, 6.07) is 5.23. The van der Waals surface area contributed by atoms with Gasteiger partial charge in [-0.2, -0.15) is 9.61 Å². The molecule has 0 bridgehead atoms. The zero-order valence-electron chi connectivity index (χ0n) is 21.1. The van der Waals surface area contributed by atoms with Gasteiger partial charge in [0.25, 0.3) is 11.8 Å². The largest absolute Gasteiger partial charge is 0.481 e. The lowest BCUT2D eigenvalue weighted by Crippen LogP contribution is -2.71. The Bertz CT molecular complexity index is 1660. The molecule has 0 aromatic carbocycles. The predicted molar refractivity (Wildman–Crippen MR) is 142 cm³/mol. The number of furan rings is 1. The van der Waals surface area contributed by atoms with E-state index in [4.69, 9.17) is 14.4 Å². The molecular formula is C23H21N7O9S2. The molecule has 1 fully saturated rings. The van der Waals surface area contributed by atoms with Gasteiger partial charge in [-0.25, -0.2) is 14.3 Å². The van der Waals surface area contributed by atoms with E-state index in [2.05, 4.69) is 20.7 Å². The number of fused-ring (bicyclic) bond motifs is 2. The summed E-state index contributed by atoms with van der Waals surface area (Å²) in [6.07, 6.45) is 1.08. The molecule has 18 heteroatoms. The number of aliphatic carboxylic acids is 2. The number of carbonyl (C=O) groups is 4. The number of carboxylic acids is 2. The van der Waals surface area contributed by atoms with Gasteiger partial charge in [0.15, 0.2) is 11.4 Å². The number of nitrogens with one attached hydrogen (secondary N) is 1. The monoisotopic (exact) mass is 603 g/mol. The van der Waals surface area contributed by atoms with Crippen LogP contribution < -0.4 is 11.0 Å². The molecule has 2 atom stereocenters. The Hall–Kier alpha value is -4.58. The lowest BCUT2D eigenvalue weighted by Gasteiger charge is -2.49. The number of hydrogen-bond acceptors (Lipinski definition) is 12. The number of thioether (sulfide) groups is 2. The molecular weight excluding hydrogens is 582 g/mol. The van der Waals surface area contributed by atoms with Gasteiger partial charge >= 0.3 is 17.6 Å². The second-order valence-corrected chi connectivity index (χ2v) is 10.7. The normalized spacial score (nSPS) is 18.7. The van der Waals surface area contributed by atoms with E-state index in [0.717, 1.165) is 25.9 Å². The van der Waals surface area contributed by atoms with Crippen LogP contribution in [0.4, 0.5) is 0 Å². The van der Waals surface area contributed by atoms with Gasteiger partial charge in [0.1, 0.15) is 29.2 Å². The zero-order valence-corrected chi connectivity index (χ0v) is 22.8. The van der Waals surface area contributed by atoms with Gasteiger partial charge in [-0.3, -0.25) is 19.3 Å². The molecule has 3 aromatic heterocycles. The van der Waals surface area contributed by atoms with Gasteiger partial charge in [-0.1, -0.05) is 5.16 Å². The van der Waals surface area contributed by atoms with Crippen LogP contribution in [-0.2, 0) is 30.6 Å². The smallest absolute Gasteiger partial charge is 0.367 e. The molecule has 2 aliphatic rings. The Morgan fingerprint density at radius 1 is 1.24 bits per heavy atom. The van der Waals surface area contributed by atoms with E-state index >= 15 is 0 Å². The van der Waals surface area contributed by atoms with Gasteiger partial charge < -0.3 is 24.8 Å². The highest BCUT2D eigenvalue weighted by Crippen LogP contribution is 2.41. The lowest BCUT2D eigenvalue weighted by molar-refractivity contribution is -0.150. The number of rotatable bonds is 11. The van der Waals surface area contributed by atoms with E-state index in [0.29, 0.717) is 10.6 Å². The number of carboxylic acid groups (broad SMARTS) is 2. The van der Waals surface area contributed by atoms with Crippen LogP contribution in [0, 0.1) is 0 Å². The quantitative estimate of drug-likeness (QED) is 0.113. The molecule has 3 aromatic rings. The summed E-state index contributed by atoms with van der Waals surface area (Å²) in [6.45, 7) is -0.109. The van der Waals surface area contributed by atoms with Gasteiger partial charge in [0.05, 0.1) is 19.2 Å².